The fraction of sp³-hybridized carbons (Fsp3) is 0.533. The Morgan fingerprint density at radius 2 is 2.30 bits per heavy atom. The Balaban J connectivity index is 2.04. The predicted octanol–water partition coefficient (Wildman–Crippen LogP) is 4.76. The first kappa shape index (κ1) is 14.2. The molecular weight excluding hydrogens is 295 g/mol. The molecule has 1 aliphatic carbocycles. The molecule has 2 unspecified atom stereocenters. The van der Waals surface area contributed by atoms with Crippen molar-refractivity contribution >= 4 is 34.4 Å². The minimum Gasteiger partial charge on any atom is -0.324 e. The predicted molar refractivity (Wildman–Crippen MR) is 84.1 cm³/mol. The molecule has 1 saturated carbocycles. The van der Waals surface area contributed by atoms with E-state index in [4.69, 9.17) is 11.6 Å². The molecule has 0 N–H and O–H groups in total. The Labute approximate surface area is 127 Å². The maximum Gasteiger partial charge on any atom is 0.125 e. The standard InChI is InChI=1S/C15H18ClFN2S/c1-20-12-4-2-3-11(8-12)19-14-6-5-10(17)7-13(14)18-15(19)9-16/h5-7,11-12H,2-4,8-9H2,1H3. The van der Waals surface area contributed by atoms with Crippen LogP contribution in [0.4, 0.5) is 4.39 Å². The monoisotopic (exact) mass is 312 g/mol. The van der Waals surface area contributed by atoms with Crippen molar-refractivity contribution < 1.29 is 4.39 Å². The maximum atomic E-state index is 13.4. The second kappa shape index (κ2) is 5.94. The van der Waals surface area contributed by atoms with Crippen molar-refractivity contribution in [3.05, 3.63) is 29.8 Å². The van der Waals surface area contributed by atoms with Crippen LogP contribution in [0.3, 0.4) is 0 Å². The molecule has 1 fully saturated rings. The average molecular weight is 313 g/mol. The zero-order valence-electron chi connectivity index (χ0n) is 11.5. The highest BCUT2D eigenvalue weighted by atomic mass is 35.5. The molecule has 0 spiro atoms. The Bertz CT molecular complexity index is 613. The van der Waals surface area contributed by atoms with Gasteiger partial charge in [0.25, 0.3) is 0 Å². The molecule has 1 aromatic heterocycles. The first-order chi connectivity index (χ1) is 9.72. The first-order valence-electron chi connectivity index (χ1n) is 6.98. The number of halogens is 2. The van der Waals surface area contributed by atoms with Gasteiger partial charge < -0.3 is 4.57 Å². The van der Waals surface area contributed by atoms with Gasteiger partial charge in [-0.25, -0.2) is 9.37 Å². The van der Waals surface area contributed by atoms with Gasteiger partial charge in [-0.2, -0.15) is 11.8 Å². The number of fused-ring (bicyclic) bond motifs is 1. The molecule has 1 aromatic carbocycles. The third-order valence-corrected chi connectivity index (χ3v) is 5.47. The Morgan fingerprint density at radius 1 is 1.45 bits per heavy atom. The first-order valence-corrected chi connectivity index (χ1v) is 8.80. The van der Waals surface area contributed by atoms with E-state index in [-0.39, 0.29) is 5.82 Å². The highest BCUT2D eigenvalue weighted by Gasteiger charge is 2.25. The number of thioether (sulfide) groups is 1. The lowest BCUT2D eigenvalue weighted by molar-refractivity contribution is 0.362. The number of hydrogen-bond donors (Lipinski definition) is 0. The molecule has 2 aromatic rings. The SMILES string of the molecule is CSC1CCCC(n2c(CCl)nc3cc(F)ccc32)C1. The van der Waals surface area contributed by atoms with Crippen LogP contribution in [0, 0.1) is 5.82 Å². The minimum absolute atomic E-state index is 0.242. The largest absolute Gasteiger partial charge is 0.324 e. The summed E-state index contributed by atoms with van der Waals surface area (Å²) < 4.78 is 15.6. The van der Waals surface area contributed by atoms with Crippen molar-refractivity contribution in [3.8, 4) is 0 Å². The van der Waals surface area contributed by atoms with E-state index in [1.54, 1.807) is 0 Å². The fourth-order valence-corrected chi connectivity index (χ4v) is 4.20. The van der Waals surface area contributed by atoms with Gasteiger partial charge in [0.15, 0.2) is 0 Å². The Hall–Kier alpha value is -0.740. The van der Waals surface area contributed by atoms with Crippen molar-refractivity contribution in [1.29, 1.82) is 0 Å². The van der Waals surface area contributed by atoms with Crippen LogP contribution in [0.5, 0.6) is 0 Å². The summed E-state index contributed by atoms with van der Waals surface area (Å²) in [6.45, 7) is 0. The van der Waals surface area contributed by atoms with Crippen molar-refractivity contribution in [3.63, 3.8) is 0 Å². The van der Waals surface area contributed by atoms with Crippen molar-refractivity contribution in [2.75, 3.05) is 6.26 Å². The normalized spacial score (nSPS) is 23.4. The summed E-state index contributed by atoms with van der Waals surface area (Å²) in [6, 6.07) is 5.27. The van der Waals surface area contributed by atoms with Gasteiger partial charge in [0, 0.05) is 17.4 Å². The van der Waals surface area contributed by atoms with Gasteiger partial charge in [0.1, 0.15) is 11.6 Å². The molecule has 108 valence electrons. The van der Waals surface area contributed by atoms with E-state index < -0.39 is 0 Å². The lowest BCUT2D eigenvalue weighted by Crippen LogP contribution is -2.21. The fourth-order valence-electron chi connectivity index (χ4n) is 3.19. The summed E-state index contributed by atoms with van der Waals surface area (Å²) in [5, 5.41) is 0.704. The molecule has 1 aliphatic rings. The molecule has 2 atom stereocenters. The van der Waals surface area contributed by atoms with E-state index >= 15 is 0 Å². The van der Waals surface area contributed by atoms with Gasteiger partial charge in [0.05, 0.1) is 16.9 Å². The number of hydrogen-bond acceptors (Lipinski definition) is 2. The number of alkyl halides is 1. The second-order valence-corrected chi connectivity index (χ2v) is 6.75. The lowest BCUT2D eigenvalue weighted by Gasteiger charge is -2.30. The average Bonchev–Trinajstić information content (AvgIpc) is 2.84. The van der Waals surface area contributed by atoms with Crippen LogP contribution >= 0.6 is 23.4 Å². The quantitative estimate of drug-likeness (QED) is 0.760. The number of rotatable bonds is 3. The third kappa shape index (κ3) is 2.56. The molecule has 2 nitrogen and oxygen atoms in total. The van der Waals surface area contributed by atoms with Crippen molar-refractivity contribution in [1.82, 2.24) is 9.55 Å². The second-order valence-electron chi connectivity index (χ2n) is 5.34. The highest BCUT2D eigenvalue weighted by molar-refractivity contribution is 7.99. The Morgan fingerprint density at radius 3 is 3.05 bits per heavy atom. The van der Waals surface area contributed by atoms with Crippen LogP contribution in [-0.2, 0) is 5.88 Å². The van der Waals surface area contributed by atoms with Gasteiger partial charge >= 0.3 is 0 Å². The van der Waals surface area contributed by atoms with Gasteiger partial charge in [-0.15, -0.1) is 11.6 Å². The van der Waals surface area contributed by atoms with E-state index in [1.165, 1.54) is 25.0 Å². The molecule has 0 bridgehead atoms. The van der Waals surface area contributed by atoms with E-state index in [0.717, 1.165) is 24.2 Å². The topological polar surface area (TPSA) is 17.8 Å². The van der Waals surface area contributed by atoms with Gasteiger partial charge in [-0.05, 0) is 37.7 Å². The molecule has 3 rings (SSSR count). The van der Waals surface area contributed by atoms with Crippen LogP contribution in [0.15, 0.2) is 18.2 Å². The van der Waals surface area contributed by atoms with Crippen molar-refractivity contribution in [2.45, 2.75) is 42.9 Å². The molecule has 0 saturated heterocycles. The van der Waals surface area contributed by atoms with Crippen LogP contribution in [-0.4, -0.2) is 21.1 Å². The van der Waals surface area contributed by atoms with Crippen LogP contribution < -0.4 is 0 Å². The number of aromatic nitrogens is 2. The van der Waals surface area contributed by atoms with E-state index in [0.29, 0.717) is 22.7 Å². The molecule has 0 radical (unpaired) electrons. The summed E-state index contributed by atoms with van der Waals surface area (Å²) in [7, 11) is 0. The number of benzene rings is 1. The number of imidazole rings is 1. The third-order valence-electron chi connectivity index (χ3n) is 4.14. The molecule has 20 heavy (non-hydrogen) atoms. The van der Waals surface area contributed by atoms with Gasteiger partial charge in [-0.3, -0.25) is 0 Å². The molecule has 0 amide bonds. The molecule has 5 heteroatoms. The van der Waals surface area contributed by atoms with E-state index in [9.17, 15) is 4.39 Å². The zero-order chi connectivity index (χ0) is 14.1. The van der Waals surface area contributed by atoms with Crippen LogP contribution in [0.25, 0.3) is 11.0 Å². The molecular formula is C15H18ClFN2S. The molecule has 0 aliphatic heterocycles. The summed E-state index contributed by atoms with van der Waals surface area (Å²) >= 11 is 7.99. The highest BCUT2D eigenvalue weighted by Crippen LogP contribution is 2.37. The summed E-state index contributed by atoms with van der Waals surface area (Å²) in [4.78, 5) is 4.50. The minimum atomic E-state index is -0.242. The van der Waals surface area contributed by atoms with Gasteiger partial charge in [-0.1, -0.05) is 6.42 Å². The summed E-state index contributed by atoms with van der Waals surface area (Å²) in [5.41, 5.74) is 1.72. The summed E-state index contributed by atoms with van der Waals surface area (Å²) in [5.74, 6) is 0.990. The maximum absolute atomic E-state index is 13.4. The van der Waals surface area contributed by atoms with Crippen LogP contribution in [0.2, 0.25) is 0 Å². The smallest absolute Gasteiger partial charge is 0.125 e. The van der Waals surface area contributed by atoms with E-state index in [1.807, 2.05) is 17.8 Å². The van der Waals surface area contributed by atoms with Crippen LogP contribution in [0.1, 0.15) is 37.5 Å². The van der Waals surface area contributed by atoms with Crippen molar-refractivity contribution in [2.24, 2.45) is 0 Å². The molecule has 1 heterocycles. The Kier molecular flexibility index (Phi) is 4.22. The van der Waals surface area contributed by atoms with E-state index in [2.05, 4.69) is 15.8 Å². The number of nitrogens with zero attached hydrogens (tertiary/aromatic N) is 2. The summed E-state index contributed by atoms with van der Waals surface area (Å²) in [6.07, 6.45) is 7.00. The zero-order valence-corrected chi connectivity index (χ0v) is 13.1. The van der Waals surface area contributed by atoms with Gasteiger partial charge in [0.2, 0.25) is 0 Å². The lowest BCUT2D eigenvalue weighted by atomic mass is 9.94.